The number of rotatable bonds is 2. The van der Waals surface area contributed by atoms with Crippen LogP contribution in [0.4, 0.5) is 15.8 Å². The van der Waals surface area contributed by atoms with Crippen LogP contribution in [0.5, 0.6) is 0 Å². The molecular formula is C13H8Cl3FN2O. The molecule has 2 aromatic rings. The van der Waals surface area contributed by atoms with Gasteiger partial charge in [0.2, 0.25) is 0 Å². The van der Waals surface area contributed by atoms with Crippen LogP contribution >= 0.6 is 34.8 Å². The third kappa shape index (κ3) is 3.15. The molecule has 0 saturated heterocycles. The molecule has 0 aromatic heterocycles. The van der Waals surface area contributed by atoms with Crippen LogP contribution in [0.15, 0.2) is 30.3 Å². The SMILES string of the molecule is Nc1cc(Cl)c(Cl)c(C(=O)Nc2cc(Cl)ccc2F)c1. The maximum atomic E-state index is 13.5. The van der Waals surface area contributed by atoms with Crippen molar-refractivity contribution in [3.8, 4) is 0 Å². The van der Waals surface area contributed by atoms with Gasteiger partial charge >= 0.3 is 0 Å². The molecule has 104 valence electrons. The van der Waals surface area contributed by atoms with Gasteiger partial charge in [0.1, 0.15) is 5.82 Å². The fraction of sp³-hybridized carbons (Fsp3) is 0. The minimum atomic E-state index is -0.634. The van der Waals surface area contributed by atoms with Crippen LogP contribution in [0.1, 0.15) is 10.4 Å². The molecule has 0 saturated carbocycles. The number of nitrogen functional groups attached to an aromatic ring is 1. The summed E-state index contributed by atoms with van der Waals surface area (Å²) in [6, 6.07) is 6.58. The topological polar surface area (TPSA) is 55.1 Å². The summed E-state index contributed by atoms with van der Waals surface area (Å²) in [5.41, 5.74) is 5.86. The molecule has 0 radical (unpaired) electrons. The van der Waals surface area contributed by atoms with Crippen molar-refractivity contribution in [3.63, 3.8) is 0 Å². The van der Waals surface area contributed by atoms with E-state index in [1.807, 2.05) is 0 Å². The number of hydrogen-bond acceptors (Lipinski definition) is 2. The highest BCUT2D eigenvalue weighted by Crippen LogP contribution is 2.29. The molecule has 0 atom stereocenters. The Bertz CT molecular complexity index is 692. The Hall–Kier alpha value is -1.49. The van der Waals surface area contributed by atoms with Crippen LogP contribution in [0.2, 0.25) is 15.1 Å². The molecule has 0 aliphatic rings. The molecule has 0 aliphatic carbocycles. The van der Waals surface area contributed by atoms with E-state index in [0.29, 0.717) is 5.02 Å². The standard InChI is InChI=1S/C13H8Cl3FN2O/c14-6-1-2-10(17)11(3-6)19-13(20)8-4-7(18)5-9(15)12(8)16/h1-5H,18H2,(H,19,20). The second kappa shape index (κ2) is 5.87. The molecule has 2 rings (SSSR count). The van der Waals surface area contributed by atoms with Crippen molar-refractivity contribution in [2.75, 3.05) is 11.1 Å². The van der Waals surface area contributed by atoms with Gasteiger partial charge in [-0.25, -0.2) is 4.39 Å². The van der Waals surface area contributed by atoms with Crippen LogP contribution in [0.25, 0.3) is 0 Å². The molecule has 3 nitrogen and oxygen atoms in total. The predicted octanol–water partition coefficient (Wildman–Crippen LogP) is 4.62. The van der Waals surface area contributed by atoms with Crippen LogP contribution in [0.3, 0.4) is 0 Å². The van der Waals surface area contributed by atoms with Gasteiger partial charge in [0.25, 0.3) is 5.91 Å². The zero-order valence-corrected chi connectivity index (χ0v) is 12.2. The Morgan fingerprint density at radius 3 is 2.55 bits per heavy atom. The normalized spacial score (nSPS) is 10.4. The maximum absolute atomic E-state index is 13.5. The molecule has 20 heavy (non-hydrogen) atoms. The lowest BCUT2D eigenvalue weighted by atomic mass is 10.1. The van der Waals surface area contributed by atoms with Crippen molar-refractivity contribution in [1.82, 2.24) is 0 Å². The number of anilines is 2. The van der Waals surface area contributed by atoms with Crippen molar-refractivity contribution in [2.24, 2.45) is 0 Å². The molecule has 1 amide bonds. The van der Waals surface area contributed by atoms with Crippen molar-refractivity contribution >= 4 is 52.1 Å². The third-order valence-electron chi connectivity index (χ3n) is 2.47. The Balaban J connectivity index is 2.35. The van der Waals surface area contributed by atoms with Crippen LogP contribution in [0, 0.1) is 5.82 Å². The van der Waals surface area contributed by atoms with E-state index >= 15 is 0 Å². The Labute approximate surface area is 129 Å². The summed E-state index contributed by atoms with van der Waals surface area (Å²) in [7, 11) is 0. The first kappa shape index (κ1) is 14.9. The molecular weight excluding hydrogens is 326 g/mol. The summed E-state index contributed by atoms with van der Waals surface area (Å²) in [6.07, 6.45) is 0. The lowest BCUT2D eigenvalue weighted by Gasteiger charge is -2.10. The second-order valence-corrected chi connectivity index (χ2v) is 5.16. The van der Waals surface area contributed by atoms with Gasteiger partial charge < -0.3 is 11.1 Å². The number of amides is 1. The van der Waals surface area contributed by atoms with Crippen molar-refractivity contribution < 1.29 is 9.18 Å². The molecule has 0 aliphatic heterocycles. The van der Waals surface area contributed by atoms with Gasteiger partial charge in [-0.15, -0.1) is 0 Å². The predicted molar refractivity (Wildman–Crippen MR) is 80.2 cm³/mol. The van der Waals surface area contributed by atoms with E-state index in [-0.39, 0.29) is 27.0 Å². The Morgan fingerprint density at radius 2 is 1.85 bits per heavy atom. The number of carbonyl (C=O) groups is 1. The van der Waals surface area contributed by atoms with Crippen LogP contribution < -0.4 is 11.1 Å². The molecule has 0 heterocycles. The van der Waals surface area contributed by atoms with E-state index in [1.165, 1.54) is 24.3 Å². The summed E-state index contributed by atoms with van der Waals surface area (Å²) >= 11 is 17.5. The highest BCUT2D eigenvalue weighted by Gasteiger charge is 2.16. The number of nitrogens with one attached hydrogen (secondary N) is 1. The molecule has 0 bridgehead atoms. The molecule has 3 N–H and O–H groups in total. The zero-order chi connectivity index (χ0) is 14.9. The monoisotopic (exact) mass is 332 g/mol. The highest BCUT2D eigenvalue weighted by atomic mass is 35.5. The molecule has 0 fully saturated rings. The summed E-state index contributed by atoms with van der Waals surface area (Å²) in [4.78, 5) is 12.1. The fourth-order valence-corrected chi connectivity index (χ4v) is 2.15. The first-order valence-corrected chi connectivity index (χ1v) is 6.53. The first-order chi connectivity index (χ1) is 9.38. The number of benzene rings is 2. The molecule has 0 spiro atoms. The fourth-order valence-electron chi connectivity index (χ4n) is 1.56. The maximum Gasteiger partial charge on any atom is 0.257 e. The van der Waals surface area contributed by atoms with Crippen LogP contribution in [-0.4, -0.2) is 5.91 Å². The lowest BCUT2D eigenvalue weighted by molar-refractivity contribution is 0.102. The average molecular weight is 334 g/mol. The number of halogens is 4. The number of nitrogens with two attached hydrogens (primary N) is 1. The van der Waals surface area contributed by atoms with E-state index in [2.05, 4.69) is 5.32 Å². The quantitative estimate of drug-likeness (QED) is 0.788. The Kier molecular flexibility index (Phi) is 4.38. The summed E-state index contributed by atoms with van der Waals surface area (Å²) in [5, 5.41) is 2.84. The van der Waals surface area contributed by atoms with E-state index in [1.54, 1.807) is 0 Å². The van der Waals surface area contributed by atoms with Gasteiger partial charge in [0.15, 0.2) is 0 Å². The van der Waals surface area contributed by atoms with Gasteiger partial charge in [-0.05, 0) is 30.3 Å². The second-order valence-electron chi connectivity index (χ2n) is 3.94. The summed E-state index contributed by atoms with van der Waals surface area (Å²) < 4.78 is 13.5. The first-order valence-electron chi connectivity index (χ1n) is 5.39. The van der Waals surface area contributed by atoms with E-state index in [4.69, 9.17) is 40.5 Å². The Morgan fingerprint density at radius 1 is 1.15 bits per heavy atom. The van der Waals surface area contributed by atoms with Gasteiger partial charge in [0, 0.05) is 10.7 Å². The van der Waals surface area contributed by atoms with Crippen LogP contribution in [-0.2, 0) is 0 Å². The van der Waals surface area contributed by atoms with Crippen molar-refractivity contribution in [3.05, 3.63) is 56.8 Å². The minimum absolute atomic E-state index is 0.0424. The lowest BCUT2D eigenvalue weighted by Crippen LogP contribution is -2.14. The van der Waals surface area contributed by atoms with Crippen molar-refractivity contribution in [2.45, 2.75) is 0 Å². The third-order valence-corrected chi connectivity index (χ3v) is 3.51. The van der Waals surface area contributed by atoms with Gasteiger partial charge in [-0.2, -0.15) is 0 Å². The van der Waals surface area contributed by atoms with Gasteiger partial charge in [-0.1, -0.05) is 34.8 Å². The van der Waals surface area contributed by atoms with E-state index in [0.717, 1.165) is 6.07 Å². The molecule has 0 unspecified atom stereocenters. The number of carbonyl (C=O) groups excluding carboxylic acids is 1. The summed E-state index contributed by atoms with van der Waals surface area (Å²) in [6.45, 7) is 0. The van der Waals surface area contributed by atoms with E-state index < -0.39 is 11.7 Å². The smallest absolute Gasteiger partial charge is 0.257 e. The largest absolute Gasteiger partial charge is 0.399 e. The number of hydrogen-bond donors (Lipinski definition) is 2. The summed E-state index contributed by atoms with van der Waals surface area (Å²) in [5.74, 6) is -1.25. The molecule has 7 heteroatoms. The zero-order valence-electron chi connectivity index (χ0n) is 9.88. The average Bonchev–Trinajstić information content (AvgIpc) is 2.38. The van der Waals surface area contributed by atoms with Crippen molar-refractivity contribution in [1.29, 1.82) is 0 Å². The van der Waals surface area contributed by atoms with Gasteiger partial charge in [0.05, 0.1) is 21.3 Å². The highest BCUT2D eigenvalue weighted by molar-refractivity contribution is 6.44. The molecule has 2 aromatic carbocycles. The minimum Gasteiger partial charge on any atom is -0.399 e. The van der Waals surface area contributed by atoms with E-state index in [9.17, 15) is 9.18 Å². The van der Waals surface area contributed by atoms with Gasteiger partial charge in [-0.3, -0.25) is 4.79 Å².